The maximum Gasteiger partial charge on any atom is 0.311 e. The number of aliphatic hydroxyl groups excluding tert-OH is 1. The molecule has 1 N–H and O–H groups in total. The van der Waals surface area contributed by atoms with E-state index >= 15 is 0 Å². The van der Waals surface area contributed by atoms with Gasteiger partial charge in [0.05, 0.1) is 35.8 Å². The predicted molar refractivity (Wildman–Crippen MR) is 125 cm³/mol. The van der Waals surface area contributed by atoms with E-state index in [0.717, 1.165) is 25.7 Å². The lowest BCUT2D eigenvalue weighted by Crippen LogP contribution is -2.57. The molecule has 7 nitrogen and oxygen atoms in total. The Morgan fingerprint density at radius 2 is 1.88 bits per heavy atom. The van der Waals surface area contributed by atoms with Crippen LogP contribution in [0.15, 0.2) is 24.3 Å². The number of hydrogen-bond donors (Lipinski definition) is 1. The highest BCUT2D eigenvalue weighted by molar-refractivity contribution is 8.02. The number of carbonyl (C=O) groups excluding carboxylic acids is 3. The number of esters is 1. The molecule has 180 valence electrons. The lowest BCUT2D eigenvalue weighted by atomic mass is 9.74. The first-order valence-corrected chi connectivity index (χ1v) is 13.1. The summed E-state index contributed by atoms with van der Waals surface area (Å²) < 4.78 is 4.04. The third kappa shape index (κ3) is 3.39. The van der Waals surface area contributed by atoms with Crippen molar-refractivity contribution < 1.29 is 24.2 Å². The fraction of sp³-hybridized carbons (Fsp3) is 0.720. The fourth-order valence-electron chi connectivity index (χ4n) is 6.73. The first-order valence-electron chi connectivity index (χ1n) is 12.3. The van der Waals surface area contributed by atoms with Crippen LogP contribution in [-0.2, 0) is 19.1 Å². The predicted octanol–water partition coefficient (Wildman–Crippen LogP) is 2.29. The normalized spacial score (nSPS) is 40.0. The molecule has 4 heterocycles. The monoisotopic (exact) mass is 474 g/mol. The lowest BCUT2D eigenvalue weighted by molar-refractivity contribution is -0.154. The number of ether oxygens (including phenoxy) is 1. The van der Waals surface area contributed by atoms with Crippen molar-refractivity contribution in [3.63, 3.8) is 0 Å². The average molecular weight is 475 g/mol. The molecule has 2 saturated heterocycles. The molecule has 8 heteroatoms. The van der Waals surface area contributed by atoms with Gasteiger partial charge in [-0.25, -0.2) is 0 Å². The number of cyclic esters (lactones) is 1. The fourth-order valence-corrected chi connectivity index (χ4v) is 8.87. The third-order valence-corrected chi connectivity index (χ3v) is 10.0. The minimum Gasteiger partial charge on any atom is -0.465 e. The van der Waals surface area contributed by atoms with E-state index in [1.54, 1.807) is 23.6 Å². The van der Waals surface area contributed by atoms with E-state index in [1.165, 1.54) is 6.42 Å². The highest BCUT2D eigenvalue weighted by atomic mass is 32.2. The minimum absolute atomic E-state index is 0.0502. The summed E-state index contributed by atoms with van der Waals surface area (Å²) in [6.07, 6.45) is 14.1. The van der Waals surface area contributed by atoms with Crippen molar-refractivity contribution in [2.24, 2.45) is 11.8 Å². The van der Waals surface area contributed by atoms with Crippen LogP contribution in [0.1, 0.15) is 52.4 Å². The summed E-state index contributed by atoms with van der Waals surface area (Å²) in [5, 5.41) is 10.0. The van der Waals surface area contributed by atoms with Gasteiger partial charge in [-0.05, 0) is 33.1 Å². The van der Waals surface area contributed by atoms with E-state index in [0.29, 0.717) is 19.6 Å². The molecule has 2 amide bonds. The van der Waals surface area contributed by atoms with Gasteiger partial charge in [0.2, 0.25) is 11.8 Å². The van der Waals surface area contributed by atoms with E-state index in [-0.39, 0.29) is 30.4 Å². The van der Waals surface area contributed by atoms with Crippen LogP contribution in [0.3, 0.4) is 0 Å². The van der Waals surface area contributed by atoms with Gasteiger partial charge < -0.3 is 19.6 Å². The molecule has 1 spiro atoms. The third-order valence-electron chi connectivity index (χ3n) is 8.24. The Balaban J connectivity index is 1.63. The summed E-state index contributed by atoms with van der Waals surface area (Å²) in [5.74, 6) is -2.02. The summed E-state index contributed by atoms with van der Waals surface area (Å²) in [5.41, 5.74) is 0. The molecule has 0 bridgehead atoms. The standard InChI is InChI=1S/C25H34N2O5S/c1-16(15-28)27-20-22(30)26(17-9-4-3-5-10-17)13-8-12-25(20)18(21(27)29)19-23(31)32-14-7-6-11-24(19,2)33-25/h6,8,11-12,16-20,28H,3-5,7,9-10,13-15H2,1-2H3/t16-,18+,19-,20?,24+,25+/m1/s1. The van der Waals surface area contributed by atoms with Crippen molar-refractivity contribution in [1.82, 2.24) is 9.80 Å². The first-order chi connectivity index (χ1) is 15.8. The average Bonchev–Trinajstić information content (AvgIpc) is 3.13. The molecule has 0 aromatic heterocycles. The van der Waals surface area contributed by atoms with Crippen molar-refractivity contribution in [1.29, 1.82) is 0 Å². The number of rotatable bonds is 3. The maximum atomic E-state index is 14.2. The molecular weight excluding hydrogens is 440 g/mol. The molecule has 0 radical (unpaired) electrons. The molecule has 0 aromatic rings. The second-order valence-corrected chi connectivity index (χ2v) is 12.1. The van der Waals surface area contributed by atoms with Crippen molar-refractivity contribution in [3.8, 4) is 0 Å². The van der Waals surface area contributed by atoms with Gasteiger partial charge in [-0.15, -0.1) is 11.8 Å². The quantitative estimate of drug-likeness (QED) is 0.499. The Morgan fingerprint density at radius 1 is 1.12 bits per heavy atom. The van der Waals surface area contributed by atoms with Gasteiger partial charge in [0, 0.05) is 17.3 Å². The Hall–Kier alpha value is -1.80. The Morgan fingerprint density at radius 3 is 2.61 bits per heavy atom. The number of hydrogen-bond acceptors (Lipinski definition) is 6. The summed E-state index contributed by atoms with van der Waals surface area (Å²) in [6.45, 7) is 4.35. The summed E-state index contributed by atoms with van der Waals surface area (Å²) in [7, 11) is 0. The van der Waals surface area contributed by atoms with Gasteiger partial charge in [0.1, 0.15) is 6.04 Å². The lowest BCUT2D eigenvalue weighted by Gasteiger charge is -2.41. The van der Waals surface area contributed by atoms with Gasteiger partial charge >= 0.3 is 5.97 Å². The van der Waals surface area contributed by atoms with Crippen molar-refractivity contribution in [2.75, 3.05) is 19.8 Å². The zero-order chi connectivity index (χ0) is 23.4. The highest BCUT2D eigenvalue weighted by Crippen LogP contribution is 2.65. The molecular formula is C25H34N2O5S. The zero-order valence-corrected chi connectivity index (χ0v) is 20.3. The molecule has 33 heavy (non-hydrogen) atoms. The van der Waals surface area contributed by atoms with Crippen LogP contribution in [0.5, 0.6) is 0 Å². The molecule has 5 rings (SSSR count). The van der Waals surface area contributed by atoms with E-state index in [9.17, 15) is 19.5 Å². The maximum absolute atomic E-state index is 14.2. The van der Waals surface area contributed by atoms with Crippen LogP contribution < -0.4 is 0 Å². The number of likely N-dealkylation sites (tertiary alicyclic amines) is 1. The molecule has 0 aromatic carbocycles. The number of nitrogens with zero attached hydrogens (tertiary/aromatic N) is 2. The van der Waals surface area contributed by atoms with E-state index in [4.69, 9.17) is 4.74 Å². The van der Waals surface area contributed by atoms with Gasteiger partial charge in [0.25, 0.3) is 0 Å². The van der Waals surface area contributed by atoms with Crippen LogP contribution in [-0.4, -0.2) is 80.1 Å². The molecule has 5 aliphatic rings. The number of aliphatic hydroxyl groups is 1. The highest BCUT2D eigenvalue weighted by Gasteiger charge is 2.74. The van der Waals surface area contributed by atoms with Crippen LogP contribution in [0.2, 0.25) is 0 Å². The zero-order valence-electron chi connectivity index (χ0n) is 19.4. The topological polar surface area (TPSA) is 87.2 Å². The largest absolute Gasteiger partial charge is 0.465 e. The molecule has 1 unspecified atom stereocenters. The van der Waals surface area contributed by atoms with E-state index < -0.39 is 33.4 Å². The molecule has 1 saturated carbocycles. The smallest absolute Gasteiger partial charge is 0.311 e. The summed E-state index contributed by atoms with van der Waals surface area (Å²) >= 11 is 1.56. The molecule has 6 atom stereocenters. The SMILES string of the molecule is C[C@H](CO)N1C(=O)[C@@H]2[C@@H]3C(=O)OCCC=C[C@]3(C)S[C@@]23C=CCN(C2CCCCC2)C(=O)C13. The Bertz CT molecular complexity index is 899. The van der Waals surface area contributed by atoms with Gasteiger partial charge in [0.15, 0.2) is 0 Å². The molecule has 3 fully saturated rings. The van der Waals surface area contributed by atoms with Crippen LogP contribution in [0.4, 0.5) is 0 Å². The van der Waals surface area contributed by atoms with Crippen molar-refractivity contribution in [3.05, 3.63) is 24.3 Å². The number of carbonyl (C=O) groups is 3. The summed E-state index contributed by atoms with van der Waals surface area (Å²) in [4.78, 5) is 45.0. The Kier molecular flexibility index (Phi) is 5.88. The van der Waals surface area contributed by atoms with Gasteiger partial charge in [-0.3, -0.25) is 14.4 Å². The van der Waals surface area contributed by atoms with Crippen LogP contribution >= 0.6 is 11.8 Å². The minimum atomic E-state index is -0.867. The van der Waals surface area contributed by atoms with E-state index in [2.05, 4.69) is 0 Å². The second-order valence-electron chi connectivity index (χ2n) is 10.3. The summed E-state index contributed by atoms with van der Waals surface area (Å²) in [6, 6.07) is -1.08. The first kappa shape index (κ1) is 23.0. The molecule has 4 aliphatic heterocycles. The number of amides is 2. The van der Waals surface area contributed by atoms with Crippen LogP contribution in [0, 0.1) is 11.8 Å². The van der Waals surface area contributed by atoms with Gasteiger partial charge in [-0.2, -0.15) is 0 Å². The van der Waals surface area contributed by atoms with Gasteiger partial charge in [-0.1, -0.05) is 43.6 Å². The Labute approximate surface area is 199 Å². The number of thioether (sulfide) groups is 1. The van der Waals surface area contributed by atoms with Crippen molar-refractivity contribution in [2.45, 2.75) is 80.0 Å². The van der Waals surface area contributed by atoms with E-state index in [1.807, 2.05) is 36.1 Å². The number of fused-ring (bicyclic) bond motifs is 2. The van der Waals surface area contributed by atoms with Crippen molar-refractivity contribution >= 4 is 29.5 Å². The second kappa shape index (κ2) is 8.45. The van der Waals surface area contributed by atoms with Crippen LogP contribution in [0.25, 0.3) is 0 Å². The molecule has 1 aliphatic carbocycles.